The molecule has 0 nitrogen and oxygen atoms in total. The van der Waals surface area contributed by atoms with E-state index in [9.17, 15) is 0 Å². The Balaban J connectivity index is 0.000000171. The smallest absolute Gasteiger partial charge is 0.0406 e. The maximum absolute atomic E-state index is 5.61. The third kappa shape index (κ3) is 5.81. The highest BCUT2D eigenvalue weighted by molar-refractivity contribution is 7.98. The van der Waals surface area contributed by atoms with E-state index >= 15 is 0 Å². The van der Waals surface area contributed by atoms with Crippen molar-refractivity contribution >= 4 is 23.4 Å². The van der Waals surface area contributed by atoms with Crippen molar-refractivity contribution in [2.24, 2.45) is 0 Å². The molecule has 2 heteroatoms. The number of halogens is 1. The van der Waals surface area contributed by atoms with Gasteiger partial charge in [0.2, 0.25) is 0 Å². The van der Waals surface area contributed by atoms with Crippen LogP contribution in [0.25, 0.3) is 0 Å². The van der Waals surface area contributed by atoms with Gasteiger partial charge in [0.15, 0.2) is 0 Å². The molecule has 0 aromatic heterocycles. The van der Waals surface area contributed by atoms with E-state index in [1.807, 2.05) is 31.2 Å². The van der Waals surface area contributed by atoms with Crippen molar-refractivity contribution < 1.29 is 0 Å². The van der Waals surface area contributed by atoms with Crippen molar-refractivity contribution in [3.8, 4) is 0 Å². The zero-order valence-electron chi connectivity index (χ0n) is 10.4. The minimum Gasteiger partial charge on any atom is -0.130 e. The number of aryl methyl sites for hydroxylation is 2. The molecular formula is C15H17ClS. The summed E-state index contributed by atoms with van der Waals surface area (Å²) < 4.78 is 0. The average Bonchev–Trinajstić information content (AvgIpc) is 2.35. The Morgan fingerprint density at radius 2 is 1.18 bits per heavy atom. The zero-order chi connectivity index (χ0) is 12.7. The fraction of sp³-hybridized carbons (Fsp3) is 0.200. The molecular weight excluding hydrogens is 248 g/mol. The van der Waals surface area contributed by atoms with Gasteiger partial charge in [-0.2, -0.15) is 0 Å². The van der Waals surface area contributed by atoms with Crippen LogP contribution in [0.5, 0.6) is 0 Å². The van der Waals surface area contributed by atoms with Crippen molar-refractivity contribution in [1.82, 2.24) is 0 Å². The van der Waals surface area contributed by atoms with Gasteiger partial charge in [0, 0.05) is 9.92 Å². The van der Waals surface area contributed by atoms with Crippen LogP contribution in [0.15, 0.2) is 53.4 Å². The first-order valence-corrected chi connectivity index (χ1v) is 7.05. The third-order valence-corrected chi connectivity index (χ3v) is 3.26. The van der Waals surface area contributed by atoms with Crippen LogP contribution in [-0.2, 0) is 0 Å². The second kappa shape index (κ2) is 7.41. The van der Waals surface area contributed by atoms with E-state index in [0.717, 1.165) is 5.02 Å². The molecule has 0 saturated carbocycles. The highest BCUT2D eigenvalue weighted by Crippen LogP contribution is 2.13. The van der Waals surface area contributed by atoms with Gasteiger partial charge < -0.3 is 0 Å². The Morgan fingerprint density at radius 1 is 0.765 bits per heavy atom. The summed E-state index contributed by atoms with van der Waals surface area (Å²) in [6.07, 6.45) is 2.09. The Kier molecular flexibility index (Phi) is 6.17. The molecule has 0 unspecified atom stereocenters. The Morgan fingerprint density at radius 3 is 1.53 bits per heavy atom. The molecule has 0 aliphatic heterocycles. The van der Waals surface area contributed by atoms with Crippen molar-refractivity contribution in [1.29, 1.82) is 0 Å². The normalized spacial score (nSPS) is 9.41. The summed E-state index contributed by atoms with van der Waals surface area (Å²) in [5, 5.41) is 0.801. The number of benzene rings is 2. The molecule has 0 radical (unpaired) electrons. The molecule has 2 aromatic carbocycles. The summed E-state index contributed by atoms with van der Waals surface area (Å²) in [5.74, 6) is 0. The number of hydrogen-bond acceptors (Lipinski definition) is 1. The largest absolute Gasteiger partial charge is 0.130 e. The van der Waals surface area contributed by atoms with Crippen LogP contribution in [0, 0.1) is 13.8 Å². The SMILES string of the molecule is CSc1ccc(C)cc1.Cc1ccc(Cl)cc1. The minimum absolute atomic E-state index is 0.801. The minimum atomic E-state index is 0.801. The maximum Gasteiger partial charge on any atom is 0.0406 e. The van der Waals surface area contributed by atoms with Gasteiger partial charge in [-0.3, -0.25) is 0 Å². The van der Waals surface area contributed by atoms with E-state index in [1.54, 1.807) is 11.8 Å². The van der Waals surface area contributed by atoms with Crippen molar-refractivity contribution in [2.75, 3.05) is 6.26 Å². The van der Waals surface area contributed by atoms with Gasteiger partial charge in [0.1, 0.15) is 0 Å². The van der Waals surface area contributed by atoms with Crippen LogP contribution in [0.2, 0.25) is 5.02 Å². The molecule has 0 aliphatic carbocycles. The Labute approximate surface area is 113 Å². The molecule has 0 amide bonds. The van der Waals surface area contributed by atoms with Crippen LogP contribution in [-0.4, -0.2) is 6.26 Å². The van der Waals surface area contributed by atoms with E-state index in [2.05, 4.69) is 37.4 Å². The van der Waals surface area contributed by atoms with Gasteiger partial charge in [-0.05, 0) is 44.4 Å². The summed E-state index contributed by atoms with van der Waals surface area (Å²) in [4.78, 5) is 1.33. The number of rotatable bonds is 1. The molecule has 0 fully saturated rings. The molecule has 0 heterocycles. The quantitative estimate of drug-likeness (QED) is 0.625. The second-order valence-corrected chi connectivity index (χ2v) is 5.13. The summed E-state index contributed by atoms with van der Waals surface area (Å²) in [6.45, 7) is 4.14. The van der Waals surface area contributed by atoms with Gasteiger partial charge in [0.25, 0.3) is 0 Å². The van der Waals surface area contributed by atoms with Crippen molar-refractivity contribution in [3.63, 3.8) is 0 Å². The summed E-state index contributed by atoms with van der Waals surface area (Å²) in [7, 11) is 0. The van der Waals surface area contributed by atoms with Crippen LogP contribution in [0.4, 0.5) is 0 Å². The van der Waals surface area contributed by atoms with Crippen molar-refractivity contribution in [2.45, 2.75) is 18.7 Å². The fourth-order valence-corrected chi connectivity index (χ4v) is 1.74. The molecule has 0 atom stereocenters. The summed E-state index contributed by atoms with van der Waals surface area (Å²) in [5.41, 5.74) is 2.57. The van der Waals surface area contributed by atoms with Gasteiger partial charge in [0.05, 0.1) is 0 Å². The fourth-order valence-electron chi connectivity index (χ4n) is 1.21. The molecule has 0 N–H and O–H groups in total. The zero-order valence-corrected chi connectivity index (χ0v) is 12.0. The van der Waals surface area contributed by atoms with E-state index in [4.69, 9.17) is 11.6 Å². The lowest BCUT2D eigenvalue weighted by Crippen LogP contribution is -1.70. The lowest BCUT2D eigenvalue weighted by molar-refractivity contribution is 1.38. The molecule has 2 aromatic rings. The molecule has 0 aliphatic rings. The molecule has 0 saturated heterocycles. The van der Waals surface area contributed by atoms with Crippen molar-refractivity contribution in [3.05, 3.63) is 64.7 Å². The molecule has 90 valence electrons. The Bertz CT molecular complexity index is 410. The van der Waals surface area contributed by atoms with E-state index in [1.165, 1.54) is 16.0 Å². The first-order valence-electron chi connectivity index (χ1n) is 5.44. The van der Waals surface area contributed by atoms with Gasteiger partial charge in [-0.1, -0.05) is 47.0 Å². The lowest BCUT2D eigenvalue weighted by Gasteiger charge is -1.93. The van der Waals surface area contributed by atoms with Crippen LogP contribution in [0.1, 0.15) is 11.1 Å². The first kappa shape index (κ1) is 14.1. The molecule has 2 rings (SSSR count). The average molecular weight is 265 g/mol. The molecule has 0 bridgehead atoms. The van der Waals surface area contributed by atoms with Gasteiger partial charge in [-0.25, -0.2) is 0 Å². The predicted octanol–water partition coefficient (Wildman–Crippen LogP) is 5.37. The standard InChI is InChI=1S/C8H10S.C7H7Cl/c1-7-3-5-8(9-2)6-4-7;1-6-2-4-7(8)5-3-6/h3-6H,1-2H3;2-5H,1H3. The van der Waals surface area contributed by atoms with Crippen LogP contribution >= 0.6 is 23.4 Å². The van der Waals surface area contributed by atoms with E-state index < -0.39 is 0 Å². The van der Waals surface area contributed by atoms with Crippen LogP contribution < -0.4 is 0 Å². The highest BCUT2D eigenvalue weighted by Gasteiger charge is 1.85. The van der Waals surface area contributed by atoms with Gasteiger partial charge >= 0.3 is 0 Å². The van der Waals surface area contributed by atoms with Crippen LogP contribution in [0.3, 0.4) is 0 Å². The van der Waals surface area contributed by atoms with E-state index in [0.29, 0.717) is 0 Å². The number of hydrogen-bond donors (Lipinski definition) is 0. The first-order chi connectivity index (χ1) is 8.11. The maximum atomic E-state index is 5.61. The second-order valence-electron chi connectivity index (χ2n) is 3.81. The van der Waals surface area contributed by atoms with Gasteiger partial charge in [-0.15, -0.1) is 11.8 Å². The monoisotopic (exact) mass is 264 g/mol. The third-order valence-electron chi connectivity index (χ3n) is 2.27. The highest BCUT2D eigenvalue weighted by atomic mass is 35.5. The Hall–Kier alpha value is -0.920. The lowest BCUT2D eigenvalue weighted by atomic mass is 10.2. The predicted molar refractivity (Wildman–Crippen MR) is 79.1 cm³/mol. The number of thioether (sulfide) groups is 1. The topological polar surface area (TPSA) is 0 Å². The summed E-state index contributed by atoms with van der Waals surface area (Å²) >= 11 is 7.39. The van der Waals surface area contributed by atoms with E-state index in [-0.39, 0.29) is 0 Å². The molecule has 17 heavy (non-hydrogen) atoms. The summed E-state index contributed by atoms with van der Waals surface area (Å²) in [6, 6.07) is 16.3. The molecule has 0 spiro atoms.